The molecule has 1 aromatic carbocycles. The van der Waals surface area contributed by atoms with Crippen molar-refractivity contribution in [2.45, 2.75) is 6.92 Å². The average molecular weight is 390 g/mol. The second-order valence-corrected chi connectivity index (χ2v) is 6.42. The molecule has 0 aliphatic heterocycles. The van der Waals surface area contributed by atoms with Crippen molar-refractivity contribution in [1.82, 2.24) is 9.55 Å². The summed E-state index contributed by atoms with van der Waals surface area (Å²) >= 11 is 5.85. The molecule has 0 bridgehead atoms. The first-order chi connectivity index (χ1) is 12.8. The highest BCUT2D eigenvalue weighted by Crippen LogP contribution is 2.24. The minimum atomic E-state index is -0.753. The summed E-state index contributed by atoms with van der Waals surface area (Å²) in [5.41, 5.74) is 0.0930. The fourth-order valence-electron chi connectivity index (χ4n) is 2.67. The van der Waals surface area contributed by atoms with Gasteiger partial charge >= 0.3 is 5.97 Å². The van der Waals surface area contributed by atoms with E-state index in [1.807, 2.05) is 19.0 Å². The number of carbonyl (C=O) groups is 1. The number of carbonyl (C=O) groups excluding carboxylic acids is 1. The van der Waals surface area contributed by atoms with Crippen LogP contribution in [0.3, 0.4) is 0 Å². The lowest BCUT2D eigenvalue weighted by Crippen LogP contribution is -2.21. The standard InChI is InChI=1S/C19H17ClFN3O3/c1-4-27-19(26)13-10-24(11-5-6-17(22-9-11)23(2)3)16-8-15(21)14(20)7-12(16)18(13)25/h5-10H,4H2,1-3H3. The highest BCUT2D eigenvalue weighted by Gasteiger charge is 2.19. The third-order valence-corrected chi connectivity index (χ3v) is 4.30. The topological polar surface area (TPSA) is 64.4 Å². The zero-order valence-corrected chi connectivity index (χ0v) is 15.7. The van der Waals surface area contributed by atoms with Gasteiger partial charge in [-0.15, -0.1) is 0 Å². The van der Waals surface area contributed by atoms with Crippen LogP contribution in [0.5, 0.6) is 0 Å². The molecule has 0 radical (unpaired) electrons. The van der Waals surface area contributed by atoms with Crippen molar-refractivity contribution < 1.29 is 13.9 Å². The highest BCUT2D eigenvalue weighted by molar-refractivity contribution is 6.31. The number of esters is 1. The van der Waals surface area contributed by atoms with Gasteiger partial charge in [0.2, 0.25) is 5.43 Å². The summed E-state index contributed by atoms with van der Waals surface area (Å²) < 4.78 is 20.6. The molecule has 3 rings (SSSR count). The van der Waals surface area contributed by atoms with Crippen LogP contribution in [-0.2, 0) is 4.74 Å². The molecule has 2 heterocycles. The summed E-state index contributed by atoms with van der Waals surface area (Å²) in [5, 5.41) is -0.0862. The zero-order valence-electron chi connectivity index (χ0n) is 15.0. The Bertz CT molecular complexity index is 1080. The maximum absolute atomic E-state index is 14.1. The average Bonchev–Trinajstić information content (AvgIpc) is 2.64. The lowest BCUT2D eigenvalue weighted by molar-refractivity contribution is 0.0524. The van der Waals surface area contributed by atoms with Gasteiger partial charge in [0.15, 0.2) is 0 Å². The Hall–Kier alpha value is -2.93. The Labute approximate surface area is 159 Å². The first-order valence-corrected chi connectivity index (χ1v) is 8.56. The number of fused-ring (bicyclic) bond motifs is 1. The van der Waals surface area contributed by atoms with E-state index in [0.717, 1.165) is 11.9 Å². The molecule has 0 N–H and O–H groups in total. The Morgan fingerprint density at radius 3 is 2.67 bits per heavy atom. The first kappa shape index (κ1) is 18.8. The van der Waals surface area contributed by atoms with E-state index in [2.05, 4.69) is 4.98 Å². The van der Waals surface area contributed by atoms with E-state index in [4.69, 9.17) is 16.3 Å². The van der Waals surface area contributed by atoms with Gasteiger partial charge in [-0.05, 0) is 25.1 Å². The summed E-state index contributed by atoms with van der Waals surface area (Å²) in [6.45, 7) is 1.77. The van der Waals surface area contributed by atoms with Crippen LogP contribution in [0.15, 0.2) is 41.5 Å². The van der Waals surface area contributed by atoms with Crippen molar-refractivity contribution >= 4 is 34.3 Å². The fourth-order valence-corrected chi connectivity index (χ4v) is 2.84. The van der Waals surface area contributed by atoms with Crippen molar-refractivity contribution in [2.24, 2.45) is 0 Å². The molecule has 8 heteroatoms. The number of hydrogen-bond donors (Lipinski definition) is 0. The van der Waals surface area contributed by atoms with E-state index >= 15 is 0 Å². The molecule has 0 aliphatic rings. The Morgan fingerprint density at radius 1 is 1.33 bits per heavy atom. The summed E-state index contributed by atoms with van der Waals surface area (Å²) in [6.07, 6.45) is 2.91. The summed E-state index contributed by atoms with van der Waals surface area (Å²) in [4.78, 5) is 31.1. The SMILES string of the molecule is CCOC(=O)c1cn(-c2ccc(N(C)C)nc2)c2cc(F)c(Cl)cc2c1=O. The van der Waals surface area contributed by atoms with Crippen molar-refractivity contribution in [3.8, 4) is 5.69 Å². The van der Waals surface area contributed by atoms with Gasteiger partial charge in [-0.1, -0.05) is 11.6 Å². The predicted molar refractivity (Wildman–Crippen MR) is 103 cm³/mol. The van der Waals surface area contributed by atoms with Crippen molar-refractivity contribution in [2.75, 3.05) is 25.6 Å². The zero-order chi connectivity index (χ0) is 19.7. The van der Waals surface area contributed by atoms with Crippen molar-refractivity contribution in [3.63, 3.8) is 0 Å². The minimum absolute atomic E-state index is 0.114. The highest BCUT2D eigenvalue weighted by atomic mass is 35.5. The normalized spacial score (nSPS) is 10.9. The summed E-state index contributed by atoms with van der Waals surface area (Å²) in [6, 6.07) is 5.91. The van der Waals surface area contributed by atoms with E-state index in [9.17, 15) is 14.0 Å². The number of rotatable bonds is 4. The van der Waals surface area contributed by atoms with E-state index in [1.165, 1.54) is 16.8 Å². The van der Waals surface area contributed by atoms with Crippen LogP contribution in [-0.4, -0.2) is 36.2 Å². The van der Waals surface area contributed by atoms with Gasteiger partial charge in [-0.25, -0.2) is 14.2 Å². The fraction of sp³-hybridized carbons (Fsp3) is 0.211. The van der Waals surface area contributed by atoms with Crippen LogP contribution in [0.2, 0.25) is 5.02 Å². The van der Waals surface area contributed by atoms with E-state index < -0.39 is 17.2 Å². The largest absolute Gasteiger partial charge is 0.462 e. The van der Waals surface area contributed by atoms with Gasteiger partial charge in [0.1, 0.15) is 17.2 Å². The number of nitrogens with zero attached hydrogens (tertiary/aromatic N) is 3. The summed E-state index contributed by atoms with van der Waals surface area (Å²) in [7, 11) is 3.71. The Morgan fingerprint density at radius 2 is 2.07 bits per heavy atom. The molecule has 140 valence electrons. The second-order valence-electron chi connectivity index (χ2n) is 6.01. The molecule has 0 saturated carbocycles. The number of ether oxygens (including phenoxy) is 1. The molecule has 0 atom stereocenters. The molecule has 0 aliphatic carbocycles. The Kier molecular flexibility index (Phi) is 5.14. The van der Waals surface area contributed by atoms with E-state index in [1.54, 1.807) is 25.3 Å². The smallest absolute Gasteiger partial charge is 0.343 e. The molecule has 27 heavy (non-hydrogen) atoms. The van der Waals surface area contributed by atoms with Crippen LogP contribution in [0.1, 0.15) is 17.3 Å². The summed E-state index contributed by atoms with van der Waals surface area (Å²) in [5.74, 6) is -0.695. The monoisotopic (exact) mass is 389 g/mol. The number of halogens is 2. The molecule has 0 fully saturated rings. The molecular formula is C19H17ClFN3O3. The van der Waals surface area contributed by atoms with Gasteiger partial charge in [0, 0.05) is 31.7 Å². The van der Waals surface area contributed by atoms with Gasteiger partial charge in [-0.3, -0.25) is 4.79 Å². The number of benzene rings is 1. The van der Waals surface area contributed by atoms with Crippen molar-refractivity contribution in [3.05, 3.63) is 63.3 Å². The molecule has 3 aromatic rings. The number of hydrogen-bond acceptors (Lipinski definition) is 5. The predicted octanol–water partition coefficient (Wildman–Crippen LogP) is 3.42. The van der Waals surface area contributed by atoms with E-state index in [-0.39, 0.29) is 28.1 Å². The third-order valence-electron chi connectivity index (χ3n) is 4.01. The maximum Gasteiger partial charge on any atom is 0.343 e. The molecule has 6 nitrogen and oxygen atoms in total. The van der Waals surface area contributed by atoms with Gasteiger partial charge < -0.3 is 14.2 Å². The molecule has 0 spiro atoms. The molecule has 0 saturated heterocycles. The van der Waals surface area contributed by atoms with E-state index in [0.29, 0.717) is 5.69 Å². The molecule has 0 amide bonds. The first-order valence-electron chi connectivity index (χ1n) is 8.18. The minimum Gasteiger partial charge on any atom is -0.462 e. The van der Waals surface area contributed by atoms with Crippen LogP contribution in [0, 0.1) is 5.82 Å². The molecule has 0 unspecified atom stereocenters. The molecular weight excluding hydrogens is 373 g/mol. The third kappa shape index (κ3) is 3.50. The second kappa shape index (κ2) is 7.36. The van der Waals surface area contributed by atoms with Crippen LogP contribution in [0.4, 0.5) is 10.2 Å². The lowest BCUT2D eigenvalue weighted by atomic mass is 10.1. The van der Waals surface area contributed by atoms with Gasteiger partial charge in [0.05, 0.1) is 29.0 Å². The Balaban J connectivity index is 2.32. The number of pyridine rings is 2. The van der Waals surface area contributed by atoms with Crippen LogP contribution in [0.25, 0.3) is 16.6 Å². The number of anilines is 1. The van der Waals surface area contributed by atoms with Crippen molar-refractivity contribution in [1.29, 1.82) is 0 Å². The van der Waals surface area contributed by atoms with Gasteiger partial charge in [-0.2, -0.15) is 0 Å². The van der Waals surface area contributed by atoms with Gasteiger partial charge in [0.25, 0.3) is 0 Å². The van der Waals surface area contributed by atoms with Crippen LogP contribution < -0.4 is 10.3 Å². The quantitative estimate of drug-likeness (QED) is 0.640. The molecule has 2 aromatic heterocycles. The lowest BCUT2D eigenvalue weighted by Gasteiger charge is -2.15. The number of aromatic nitrogens is 2. The maximum atomic E-state index is 14.1. The van der Waals surface area contributed by atoms with Crippen LogP contribution >= 0.6 is 11.6 Å².